The van der Waals surface area contributed by atoms with E-state index >= 15 is 0 Å². The van der Waals surface area contributed by atoms with Crippen LogP contribution in [0, 0.1) is 15.5 Å². The Balaban J connectivity index is 1.29. The fourth-order valence-electron chi connectivity index (χ4n) is 5.87. The third kappa shape index (κ3) is 9.73. The summed E-state index contributed by atoms with van der Waals surface area (Å²) in [7, 11) is -2.44. The average molecular weight is 709 g/mol. The molecule has 1 atom stereocenters. The molecule has 2 N–H and O–H groups in total. The first-order valence-electron chi connectivity index (χ1n) is 16.4. The fourth-order valence-corrected chi connectivity index (χ4v) is 7.80. The highest BCUT2D eigenvalue weighted by atomic mass is 32.2. The standard InChI is InChI=1S/C35H44N6O6S2/c1-35(2)15-17-39(18-16-35)28-11-9-26(10-12-28)34(43)37-49(46,47)30-13-14-31(32(24-30)41(44)45)36-27(25-48-29-7-5-4-6-8-29)23-33(42)40-21-19-38(3)20-22-40/h4-14,24,27,36H,15-23,25H2,1-3H3,(H,37,43)/t27-/m1/s1. The summed E-state index contributed by atoms with van der Waals surface area (Å²) in [5, 5.41) is 15.4. The van der Waals surface area contributed by atoms with Gasteiger partial charge < -0.3 is 20.0 Å². The highest BCUT2D eigenvalue weighted by molar-refractivity contribution is 7.99. The fraction of sp³-hybridized carbons (Fsp3) is 0.429. The third-order valence-corrected chi connectivity index (χ3v) is 11.6. The molecule has 2 saturated heterocycles. The molecule has 0 unspecified atom stereocenters. The van der Waals surface area contributed by atoms with E-state index in [2.05, 4.69) is 29.0 Å². The van der Waals surface area contributed by atoms with Crippen molar-refractivity contribution in [2.45, 2.75) is 48.9 Å². The van der Waals surface area contributed by atoms with Crippen LogP contribution in [0.25, 0.3) is 0 Å². The van der Waals surface area contributed by atoms with Gasteiger partial charge in [0.25, 0.3) is 21.6 Å². The first kappa shape index (κ1) is 36.1. The second-order valence-electron chi connectivity index (χ2n) is 13.4. The van der Waals surface area contributed by atoms with Gasteiger partial charge >= 0.3 is 0 Å². The Bertz CT molecular complexity index is 1740. The number of piperazine rings is 1. The van der Waals surface area contributed by atoms with Gasteiger partial charge in [-0.25, -0.2) is 13.1 Å². The lowest BCUT2D eigenvalue weighted by Gasteiger charge is -2.38. The van der Waals surface area contributed by atoms with E-state index in [-0.39, 0.29) is 23.6 Å². The van der Waals surface area contributed by atoms with Gasteiger partial charge in [0, 0.05) is 79.7 Å². The van der Waals surface area contributed by atoms with Gasteiger partial charge in [0.15, 0.2) is 0 Å². The number of nitrogens with zero attached hydrogens (tertiary/aromatic N) is 4. The summed E-state index contributed by atoms with van der Waals surface area (Å²) >= 11 is 1.51. The molecule has 0 aliphatic carbocycles. The van der Waals surface area contributed by atoms with Crippen LogP contribution in [0.2, 0.25) is 0 Å². The predicted molar refractivity (Wildman–Crippen MR) is 193 cm³/mol. The van der Waals surface area contributed by atoms with E-state index in [9.17, 15) is 28.1 Å². The van der Waals surface area contributed by atoms with Gasteiger partial charge in [-0.15, -0.1) is 11.8 Å². The molecule has 3 aromatic rings. The van der Waals surface area contributed by atoms with Gasteiger partial charge in [-0.2, -0.15) is 0 Å². The number of amides is 2. The number of piperidine rings is 1. The van der Waals surface area contributed by atoms with Crippen LogP contribution in [0.4, 0.5) is 17.1 Å². The number of nitro groups is 1. The lowest BCUT2D eigenvalue weighted by Crippen LogP contribution is -2.48. The van der Waals surface area contributed by atoms with Crippen molar-refractivity contribution < 1.29 is 22.9 Å². The van der Waals surface area contributed by atoms with Crippen molar-refractivity contribution in [3.63, 3.8) is 0 Å². The summed E-state index contributed by atoms with van der Waals surface area (Å²) in [6.07, 6.45) is 2.21. The molecular weight excluding hydrogens is 665 g/mol. The maximum Gasteiger partial charge on any atom is 0.293 e. The number of nitro benzene ring substituents is 1. The second-order valence-corrected chi connectivity index (χ2v) is 16.2. The Labute approximate surface area is 292 Å². The molecule has 0 bridgehead atoms. The minimum Gasteiger partial charge on any atom is -0.375 e. The van der Waals surface area contributed by atoms with Crippen molar-refractivity contribution in [2.75, 3.05) is 62.3 Å². The van der Waals surface area contributed by atoms with E-state index in [0.29, 0.717) is 24.3 Å². The summed E-state index contributed by atoms with van der Waals surface area (Å²) in [4.78, 5) is 44.5. The number of sulfonamides is 1. The van der Waals surface area contributed by atoms with Gasteiger partial charge in [-0.05, 0) is 73.8 Å². The molecule has 14 heteroatoms. The van der Waals surface area contributed by atoms with Crippen LogP contribution < -0.4 is 14.9 Å². The third-order valence-electron chi connectivity index (χ3n) is 9.15. The topological polar surface area (TPSA) is 145 Å². The molecule has 0 aromatic heterocycles. The number of carbonyl (C=O) groups excluding carboxylic acids is 2. The predicted octanol–water partition coefficient (Wildman–Crippen LogP) is 5.08. The number of hydrogen-bond donors (Lipinski definition) is 2. The molecular formula is C35H44N6O6S2. The maximum atomic E-state index is 13.3. The Morgan fingerprint density at radius 1 is 0.939 bits per heavy atom. The SMILES string of the molecule is CN1CCN(C(=O)C[C@H](CSc2ccccc2)Nc2ccc(S(=O)(=O)NC(=O)c3ccc(N4CCC(C)(C)CC4)cc3)cc2[N+](=O)[O-])CC1. The first-order chi connectivity index (χ1) is 23.3. The van der Waals surface area contributed by atoms with Crippen molar-refractivity contribution >= 4 is 50.7 Å². The molecule has 0 saturated carbocycles. The van der Waals surface area contributed by atoms with E-state index in [4.69, 9.17) is 0 Å². The summed E-state index contributed by atoms with van der Waals surface area (Å²) in [6, 6.07) is 19.3. The second kappa shape index (κ2) is 15.6. The Kier molecular flexibility index (Phi) is 11.5. The highest BCUT2D eigenvalue weighted by Gasteiger charge is 2.28. The molecule has 2 aliphatic heterocycles. The van der Waals surface area contributed by atoms with Crippen molar-refractivity contribution in [1.29, 1.82) is 0 Å². The van der Waals surface area contributed by atoms with Crippen molar-refractivity contribution in [2.24, 2.45) is 5.41 Å². The first-order valence-corrected chi connectivity index (χ1v) is 18.9. The molecule has 12 nitrogen and oxygen atoms in total. The summed E-state index contributed by atoms with van der Waals surface area (Å²) in [5.74, 6) is -0.459. The molecule has 2 heterocycles. The number of hydrogen-bond acceptors (Lipinski definition) is 10. The number of carbonyl (C=O) groups is 2. The molecule has 3 aromatic carbocycles. The van der Waals surface area contributed by atoms with Gasteiger partial charge in [-0.1, -0.05) is 32.0 Å². The zero-order chi connectivity index (χ0) is 35.2. The average Bonchev–Trinajstić information content (AvgIpc) is 3.08. The largest absolute Gasteiger partial charge is 0.375 e. The number of anilines is 2. The minimum atomic E-state index is -4.45. The quantitative estimate of drug-likeness (QED) is 0.149. The van der Waals surface area contributed by atoms with Gasteiger partial charge in [0.05, 0.1) is 9.82 Å². The van der Waals surface area contributed by atoms with Gasteiger partial charge in [0.1, 0.15) is 5.69 Å². The highest BCUT2D eigenvalue weighted by Crippen LogP contribution is 2.33. The number of nitrogens with one attached hydrogen (secondary N) is 2. The monoisotopic (exact) mass is 708 g/mol. The molecule has 5 rings (SSSR count). The number of benzene rings is 3. The van der Waals surface area contributed by atoms with E-state index in [1.165, 1.54) is 23.9 Å². The Morgan fingerprint density at radius 2 is 1.59 bits per heavy atom. The van der Waals surface area contributed by atoms with Crippen LogP contribution in [0.3, 0.4) is 0 Å². The minimum absolute atomic E-state index is 0.0586. The lowest BCUT2D eigenvalue weighted by atomic mass is 9.82. The van der Waals surface area contributed by atoms with E-state index in [1.807, 2.05) is 42.1 Å². The number of thioether (sulfide) groups is 1. The smallest absolute Gasteiger partial charge is 0.293 e. The maximum absolute atomic E-state index is 13.3. The van der Waals surface area contributed by atoms with E-state index < -0.39 is 37.5 Å². The molecule has 2 amide bonds. The zero-order valence-electron chi connectivity index (χ0n) is 28.1. The molecule has 0 spiro atoms. The normalized spacial score (nSPS) is 17.3. The van der Waals surface area contributed by atoms with Gasteiger partial charge in [0.2, 0.25) is 5.91 Å². The van der Waals surface area contributed by atoms with Crippen LogP contribution in [0.15, 0.2) is 82.6 Å². The van der Waals surface area contributed by atoms with Crippen LogP contribution in [-0.4, -0.2) is 93.1 Å². The summed E-state index contributed by atoms with van der Waals surface area (Å²) in [5.41, 5.74) is 1.00. The molecule has 262 valence electrons. The van der Waals surface area contributed by atoms with Crippen molar-refractivity contribution in [3.05, 3.63) is 88.5 Å². The summed E-state index contributed by atoms with van der Waals surface area (Å²) in [6.45, 7) is 9.04. The zero-order valence-corrected chi connectivity index (χ0v) is 29.8. The van der Waals surface area contributed by atoms with Crippen LogP contribution in [0.5, 0.6) is 0 Å². The number of likely N-dealkylation sites (N-methyl/N-ethyl adjacent to an activating group) is 1. The van der Waals surface area contributed by atoms with E-state index in [0.717, 1.165) is 55.7 Å². The molecule has 49 heavy (non-hydrogen) atoms. The van der Waals surface area contributed by atoms with Crippen LogP contribution in [-0.2, 0) is 14.8 Å². The Hall–Kier alpha value is -4.14. The van der Waals surface area contributed by atoms with Crippen LogP contribution >= 0.6 is 11.8 Å². The van der Waals surface area contributed by atoms with E-state index in [1.54, 1.807) is 29.2 Å². The van der Waals surface area contributed by atoms with Crippen molar-refractivity contribution in [3.8, 4) is 0 Å². The molecule has 2 aliphatic rings. The number of rotatable bonds is 12. The lowest BCUT2D eigenvalue weighted by molar-refractivity contribution is -0.384. The molecule has 2 fully saturated rings. The summed E-state index contributed by atoms with van der Waals surface area (Å²) < 4.78 is 28.6. The molecule has 0 radical (unpaired) electrons. The van der Waals surface area contributed by atoms with Crippen LogP contribution in [0.1, 0.15) is 43.5 Å². The van der Waals surface area contributed by atoms with Crippen molar-refractivity contribution in [1.82, 2.24) is 14.5 Å². The van der Waals surface area contributed by atoms with Gasteiger partial charge in [-0.3, -0.25) is 19.7 Å². The Morgan fingerprint density at radius 3 is 2.22 bits per heavy atom.